The monoisotopic (exact) mass is 365 g/mol. The highest BCUT2D eigenvalue weighted by atomic mass is 16.6. The molecule has 0 aliphatic heterocycles. The van der Waals surface area contributed by atoms with Gasteiger partial charge in [-0.25, -0.2) is 4.79 Å². The Hall–Kier alpha value is -1.39. The van der Waals surface area contributed by atoms with E-state index in [2.05, 4.69) is 20.8 Å². The summed E-state index contributed by atoms with van der Waals surface area (Å²) >= 11 is 0. The number of carbonyl (C=O) groups is 2. The van der Waals surface area contributed by atoms with Crippen molar-refractivity contribution in [2.24, 2.45) is 21.7 Å². The number of esters is 2. The van der Waals surface area contributed by atoms with Gasteiger partial charge in [-0.15, -0.1) is 0 Å². The minimum Gasteiger partial charge on any atom is -0.464 e. The summed E-state index contributed by atoms with van der Waals surface area (Å²) in [5, 5.41) is 0. The van der Waals surface area contributed by atoms with E-state index in [1.165, 1.54) is 6.42 Å². The Morgan fingerprint density at radius 1 is 1.27 bits per heavy atom. The molecule has 0 aromatic heterocycles. The summed E-state index contributed by atoms with van der Waals surface area (Å²) in [6.07, 6.45) is 3.79. The molecule has 0 aromatic rings. The number of ether oxygens (including phenoxy) is 2. The van der Waals surface area contributed by atoms with Crippen LogP contribution in [0.25, 0.3) is 0 Å². The number of hydrogen-bond donors (Lipinski definition) is 0. The number of rotatable bonds is 6. The number of aliphatic imine (C=N–C) groups is 1. The van der Waals surface area contributed by atoms with E-state index >= 15 is 0 Å². The van der Waals surface area contributed by atoms with Crippen molar-refractivity contribution in [2.45, 2.75) is 92.2 Å². The number of carbonyl (C=O) groups excluding carboxylic acids is 2. The second-order valence-corrected chi connectivity index (χ2v) is 9.46. The fraction of sp³-hybridized carbons (Fsp3) is 0.857. The van der Waals surface area contributed by atoms with Gasteiger partial charge in [0.05, 0.1) is 6.61 Å². The summed E-state index contributed by atoms with van der Waals surface area (Å²) in [6.45, 7) is 14.5. The molecule has 2 fully saturated rings. The van der Waals surface area contributed by atoms with E-state index < -0.39 is 11.6 Å². The fourth-order valence-corrected chi connectivity index (χ4v) is 4.43. The van der Waals surface area contributed by atoms with Gasteiger partial charge in [-0.1, -0.05) is 20.8 Å². The fourth-order valence-electron chi connectivity index (χ4n) is 4.43. The molecular formula is C21H35NO4. The van der Waals surface area contributed by atoms with Crippen molar-refractivity contribution in [3.05, 3.63) is 0 Å². The molecule has 0 saturated heterocycles. The second-order valence-electron chi connectivity index (χ2n) is 9.46. The van der Waals surface area contributed by atoms with Crippen LogP contribution in [-0.4, -0.2) is 35.9 Å². The number of fused-ring (bicyclic) bond motifs is 2. The molecule has 0 spiro atoms. The van der Waals surface area contributed by atoms with E-state index in [9.17, 15) is 9.59 Å². The van der Waals surface area contributed by atoms with Crippen molar-refractivity contribution in [3.8, 4) is 0 Å². The average Bonchev–Trinajstić information content (AvgIpc) is 2.82. The first-order valence-corrected chi connectivity index (χ1v) is 9.86. The van der Waals surface area contributed by atoms with E-state index in [1.807, 2.05) is 20.8 Å². The van der Waals surface area contributed by atoms with Crippen LogP contribution in [0.3, 0.4) is 0 Å². The second kappa shape index (κ2) is 7.32. The molecule has 0 aromatic carbocycles. The summed E-state index contributed by atoms with van der Waals surface area (Å²) < 4.78 is 10.6. The van der Waals surface area contributed by atoms with Crippen molar-refractivity contribution in [1.29, 1.82) is 0 Å². The molecule has 2 bridgehead atoms. The Labute approximate surface area is 157 Å². The zero-order valence-electron chi connectivity index (χ0n) is 17.5. The van der Waals surface area contributed by atoms with Gasteiger partial charge in [-0.2, -0.15) is 0 Å². The van der Waals surface area contributed by atoms with Crippen molar-refractivity contribution >= 4 is 17.7 Å². The highest BCUT2D eigenvalue weighted by molar-refractivity contribution is 5.96. The first kappa shape index (κ1) is 20.9. The lowest BCUT2D eigenvalue weighted by atomic mass is 9.70. The van der Waals surface area contributed by atoms with E-state index in [4.69, 9.17) is 14.5 Å². The zero-order valence-corrected chi connectivity index (χ0v) is 17.5. The molecule has 3 atom stereocenters. The van der Waals surface area contributed by atoms with E-state index in [0.29, 0.717) is 18.9 Å². The van der Waals surface area contributed by atoms with Crippen molar-refractivity contribution < 1.29 is 19.1 Å². The Balaban J connectivity index is 2.14. The summed E-state index contributed by atoms with van der Waals surface area (Å²) in [6, 6.07) is -0.621. The molecule has 2 rings (SSSR count). The van der Waals surface area contributed by atoms with Crippen LogP contribution in [-0.2, 0) is 19.1 Å². The Kier molecular flexibility index (Phi) is 5.89. The van der Waals surface area contributed by atoms with Gasteiger partial charge in [0.25, 0.3) is 0 Å². The standard InChI is InChI=1S/C21H35NO4/c1-8-25-18(24)15(9-10-17(23)26-19(2,3)4)22-16-13-14-11-12-21(16,7)20(14,5)6/h14-15H,8-13H2,1-7H3/t14-,15-,21+/m1/s1. The van der Waals surface area contributed by atoms with Gasteiger partial charge in [-0.05, 0) is 64.7 Å². The van der Waals surface area contributed by atoms with Crippen molar-refractivity contribution in [2.75, 3.05) is 6.61 Å². The predicted octanol–water partition coefficient (Wildman–Crippen LogP) is 4.33. The van der Waals surface area contributed by atoms with Crippen LogP contribution in [0.15, 0.2) is 4.99 Å². The van der Waals surface area contributed by atoms with Crippen LogP contribution in [0.1, 0.15) is 80.6 Å². The maximum absolute atomic E-state index is 12.4. The maximum Gasteiger partial charge on any atom is 0.330 e. The lowest BCUT2D eigenvalue weighted by Crippen LogP contribution is -2.34. The van der Waals surface area contributed by atoms with Gasteiger partial charge in [0.1, 0.15) is 11.6 Å². The van der Waals surface area contributed by atoms with Crippen LogP contribution in [0.5, 0.6) is 0 Å². The molecule has 26 heavy (non-hydrogen) atoms. The van der Waals surface area contributed by atoms with Gasteiger partial charge in [0.2, 0.25) is 0 Å². The average molecular weight is 366 g/mol. The summed E-state index contributed by atoms with van der Waals surface area (Å²) in [5.41, 5.74) is 0.843. The summed E-state index contributed by atoms with van der Waals surface area (Å²) in [4.78, 5) is 29.3. The smallest absolute Gasteiger partial charge is 0.330 e. The third kappa shape index (κ3) is 4.12. The predicted molar refractivity (Wildman–Crippen MR) is 102 cm³/mol. The Morgan fingerprint density at radius 3 is 2.38 bits per heavy atom. The van der Waals surface area contributed by atoms with E-state index in [1.54, 1.807) is 6.92 Å². The SMILES string of the molecule is CCOC(=O)[C@@H](CCC(=O)OC(C)(C)C)N=C1C[C@H]2CC[C@]1(C)C2(C)C. The highest BCUT2D eigenvalue weighted by Crippen LogP contribution is 2.64. The molecule has 2 aliphatic carbocycles. The summed E-state index contributed by atoms with van der Waals surface area (Å²) in [5.74, 6) is -0.0147. The van der Waals surface area contributed by atoms with Crippen LogP contribution >= 0.6 is 0 Å². The van der Waals surface area contributed by atoms with Crippen LogP contribution < -0.4 is 0 Å². The van der Waals surface area contributed by atoms with Gasteiger partial charge >= 0.3 is 11.9 Å². The van der Waals surface area contributed by atoms with E-state index in [0.717, 1.165) is 18.6 Å². The molecule has 0 amide bonds. The molecule has 0 heterocycles. The van der Waals surface area contributed by atoms with Gasteiger partial charge in [0, 0.05) is 17.5 Å². The third-order valence-corrected chi connectivity index (χ3v) is 6.42. The largest absolute Gasteiger partial charge is 0.464 e. The first-order valence-electron chi connectivity index (χ1n) is 9.86. The van der Waals surface area contributed by atoms with Crippen LogP contribution in [0.2, 0.25) is 0 Å². The molecule has 0 N–H and O–H groups in total. The normalized spacial score (nSPS) is 29.7. The Morgan fingerprint density at radius 2 is 1.92 bits per heavy atom. The maximum atomic E-state index is 12.4. The molecule has 5 nitrogen and oxygen atoms in total. The Bertz CT molecular complexity index is 587. The molecular weight excluding hydrogens is 330 g/mol. The van der Waals surface area contributed by atoms with Gasteiger partial charge < -0.3 is 9.47 Å². The molecule has 148 valence electrons. The molecule has 2 saturated carbocycles. The van der Waals surface area contributed by atoms with Crippen LogP contribution in [0.4, 0.5) is 0 Å². The molecule has 5 heteroatoms. The minimum atomic E-state index is -0.621. The number of hydrogen-bond acceptors (Lipinski definition) is 5. The lowest BCUT2D eigenvalue weighted by Gasteiger charge is -2.35. The van der Waals surface area contributed by atoms with E-state index in [-0.39, 0.29) is 29.2 Å². The quantitative estimate of drug-likeness (QED) is 0.657. The highest BCUT2D eigenvalue weighted by Gasteiger charge is 2.59. The van der Waals surface area contributed by atoms with Gasteiger partial charge in [-0.3, -0.25) is 9.79 Å². The first-order chi connectivity index (χ1) is 11.9. The molecule has 0 unspecified atom stereocenters. The molecule has 0 radical (unpaired) electrons. The topological polar surface area (TPSA) is 65.0 Å². The van der Waals surface area contributed by atoms with Crippen molar-refractivity contribution in [1.82, 2.24) is 0 Å². The van der Waals surface area contributed by atoms with Crippen molar-refractivity contribution in [3.63, 3.8) is 0 Å². The van der Waals surface area contributed by atoms with Crippen LogP contribution in [0, 0.1) is 16.7 Å². The molecule has 2 aliphatic rings. The third-order valence-electron chi connectivity index (χ3n) is 6.42. The minimum absolute atomic E-state index is 0.0360. The number of nitrogens with zero attached hydrogens (tertiary/aromatic N) is 1. The zero-order chi connectivity index (χ0) is 19.8. The lowest BCUT2D eigenvalue weighted by molar-refractivity contribution is -0.155. The summed E-state index contributed by atoms with van der Waals surface area (Å²) in [7, 11) is 0. The van der Waals surface area contributed by atoms with Gasteiger partial charge in [0.15, 0.2) is 0 Å².